The molecule has 2 heterocycles. The molecule has 2 fully saturated rings. The molecule has 0 spiro atoms. The van der Waals surface area contributed by atoms with E-state index in [1.807, 2.05) is 0 Å². The van der Waals surface area contributed by atoms with Crippen molar-refractivity contribution in [3.63, 3.8) is 0 Å². The van der Waals surface area contributed by atoms with E-state index >= 15 is 0 Å². The average Bonchev–Trinajstić information content (AvgIpc) is 3.00. The fourth-order valence-corrected chi connectivity index (χ4v) is 5.85. The van der Waals surface area contributed by atoms with Crippen LogP contribution >= 0.6 is 0 Å². The number of rotatable bonds is 3. The SMILES string of the molecule is CC1C2NC3=CC4=C(CC3C2CCc2ccccc2)CC1(C)NC/C=C\4. The lowest BCUT2D eigenvalue weighted by Gasteiger charge is -2.45. The largest absolute Gasteiger partial charge is 0.385 e. The Kier molecular flexibility index (Phi) is 3.86. The molecule has 4 aliphatic rings. The van der Waals surface area contributed by atoms with Crippen LogP contribution < -0.4 is 10.6 Å². The molecule has 2 aliphatic carbocycles. The van der Waals surface area contributed by atoms with Crippen molar-refractivity contribution in [1.82, 2.24) is 10.6 Å². The van der Waals surface area contributed by atoms with Gasteiger partial charge in [-0.1, -0.05) is 55.0 Å². The normalized spacial score (nSPS) is 38.9. The molecular weight excluding hydrogens is 316 g/mol. The van der Waals surface area contributed by atoms with Crippen LogP contribution in [0.15, 0.2) is 65.4 Å². The zero-order valence-corrected chi connectivity index (χ0v) is 16.0. The van der Waals surface area contributed by atoms with Crippen molar-refractivity contribution in [3.8, 4) is 0 Å². The van der Waals surface area contributed by atoms with Gasteiger partial charge in [-0.2, -0.15) is 0 Å². The Morgan fingerprint density at radius 2 is 2.04 bits per heavy atom. The van der Waals surface area contributed by atoms with Crippen LogP contribution in [0.25, 0.3) is 0 Å². The highest BCUT2D eigenvalue weighted by Gasteiger charge is 2.50. The molecule has 0 aromatic heterocycles. The molecule has 2 heteroatoms. The third-order valence-corrected chi connectivity index (χ3v) is 7.55. The predicted octanol–water partition coefficient (Wildman–Crippen LogP) is 4.37. The van der Waals surface area contributed by atoms with Crippen molar-refractivity contribution >= 4 is 0 Å². The van der Waals surface area contributed by atoms with Crippen molar-refractivity contribution in [3.05, 3.63) is 71.0 Å². The Balaban J connectivity index is 1.50. The lowest BCUT2D eigenvalue weighted by molar-refractivity contribution is 0.152. The van der Waals surface area contributed by atoms with Crippen LogP contribution in [0, 0.1) is 17.8 Å². The van der Waals surface area contributed by atoms with Gasteiger partial charge < -0.3 is 10.6 Å². The van der Waals surface area contributed by atoms with Gasteiger partial charge in [-0.3, -0.25) is 0 Å². The highest BCUT2D eigenvalue weighted by Crippen LogP contribution is 2.50. The molecule has 2 aliphatic heterocycles. The molecule has 0 amide bonds. The standard InChI is InChI=1S/C24H30N2/c1-16-23-20(11-10-17-7-4-3-5-8-17)21-13-19-15-24(16,2)25-12-6-9-18(19)14-22(21)26-23/h3-9,14,16,20-21,23,25-26H,10-13,15H2,1-2H3/b9-6-. The molecule has 1 aromatic rings. The summed E-state index contributed by atoms with van der Waals surface area (Å²) in [5.41, 5.74) is 6.31. The number of fused-ring (bicyclic) bond motifs is 2. The molecule has 1 saturated carbocycles. The van der Waals surface area contributed by atoms with Crippen molar-refractivity contribution in [2.75, 3.05) is 6.54 Å². The van der Waals surface area contributed by atoms with Crippen LogP contribution in [0.3, 0.4) is 0 Å². The van der Waals surface area contributed by atoms with Crippen LogP contribution in [0.1, 0.15) is 38.7 Å². The molecule has 1 saturated heterocycles. The Labute approximate surface area is 157 Å². The molecule has 5 rings (SSSR count). The maximum atomic E-state index is 3.99. The van der Waals surface area contributed by atoms with Crippen molar-refractivity contribution in [2.24, 2.45) is 17.8 Å². The van der Waals surface area contributed by atoms with E-state index in [2.05, 4.69) is 73.0 Å². The van der Waals surface area contributed by atoms with Crippen LogP contribution in [0.2, 0.25) is 0 Å². The Morgan fingerprint density at radius 3 is 2.88 bits per heavy atom. The molecule has 136 valence electrons. The lowest BCUT2D eigenvalue weighted by atomic mass is 9.65. The van der Waals surface area contributed by atoms with Crippen LogP contribution in [0.4, 0.5) is 0 Å². The van der Waals surface area contributed by atoms with Crippen molar-refractivity contribution in [2.45, 2.75) is 51.1 Å². The van der Waals surface area contributed by atoms with Crippen LogP contribution in [0.5, 0.6) is 0 Å². The van der Waals surface area contributed by atoms with Gasteiger partial charge in [0.1, 0.15) is 0 Å². The van der Waals surface area contributed by atoms with E-state index in [0.29, 0.717) is 17.9 Å². The molecule has 1 aromatic carbocycles. The Hall–Kier alpha value is -1.80. The fourth-order valence-electron chi connectivity index (χ4n) is 5.85. The van der Waals surface area contributed by atoms with Gasteiger partial charge in [0.25, 0.3) is 0 Å². The minimum absolute atomic E-state index is 0.173. The highest BCUT2D eigenvalue weighted by atomic mass is 15.1. The monoisotopic (exact) mass is 346 g/mol. The second kappa shape index (κ2) is 6.13. The molecule has 5 unspecified atom stereocenters. The minimum atomic E-state index is 0.173. The van der Waals surface area contributed by atoms with Crippen molar-refractivity contribution in [1.29, 1.82) is 0 Å². The van der Waals surface area contributed by atoms with Crippen molar-refractivity contribution < 1.29 is 0 Å². The summed E-state index contributed by atoms with van der Waals surface area (Å²) in [5, 5.41) is 7.87. The van der Waals surface area contributed by atoms with E-state index in [9.17, 15) is 0 Å². The van der Waals surface area contributed by atoms with E-state index in [-0.39, 0.29) is 5.54 Å². The predicted molar refractivity (Wildman–Crippen MR) is 108 cm³/mol. The lowest BCUT2D eigenvalue weighted by Crippen LogP contribution is -2.56. The summed E-state index contributed by atoms with van der Waals surface area (Å²) in [6, 6.07) is 11.6. The highest BCUT2D eigenvalue weighted by molar-refractivity contribution is 5.46. The molecule has 0 radical (unpaired) electrons. The fraction of sp³-hybridized carbons (Fsp3) is 0.500. The molecular formula is C24H30N2. The number of benzene rings is 1. The maximum Gasteiger partial charge on any atom is 0.0336 e. The summed E-state index contributed by atoms with van der Waals surface area (Å²) in [6.07, 6.45) is 12.0. The third-order valence-electron chi connectivity index (χ3n) is 7.55. The van der Waals surface area contributed by atoms with Gasteiger partial charge in [-0.25, -0.2) is 0 Å². The zero-order chi connectivity index (χ0) is 17.7. The first-order valence-corrected chi connectivity index (χ1v) is 10.3. The second-order valence-electron chi connectivity index (χ2n) is 8.99. The van der Waals surface area contributed by atoms with E-state index < -0.39 is 0 Å². The van der Waals surface area contributed by atoms with Gasteiger partial charge in [0.2, 0.25) is 0 Å². The first kappa shape index (κ1) is 16.4. The van der Waals surface area contributed by atoms with E-state index in [0.717, 1.165) is 12.5 Å². The van der Waals surface area contributed by atoms with Gasteiger partial charge >= 0.3 is 0 Å². The Morgan fingerprint density at radius 1 is 1.19 bits per heavy atom. The second-order valence-corrected chi connectivity index (χ2v) is 8.99. The first-order valence-electron chi connectivity index (χ1n) is 10.3. The van der Waals surface area contributed by atoms with Crippen LogP contribution in [-0.4, -0.2) is 18.1 Å². The summed E-state index contributed by atoms with van der Waals surface area (Å²) in [7, 11) is 0. The summed E-state index contributed by atoms with van der Waals surface area (Å²) >= 11 is 0. The van der Waals surface area contributed by atoms with E-state index in [1.165, 1.54) is 42.5 Å². The topological polar surface area (TPSA) is 24.1 Å². The molecule has 26 heavy (non-hydrogen) atoms. The van der Waals surface area contributed by atoms with Gasteiger partial charge in [0.05, 0.1) is 0 Å². The first-order chi connectivity index (χ1) is 12.6. The third kappa shape index (κ3) is 2.58. The average molecular weight is 347 g/mol. The number of hydrogen-bond donors (Lipinski definition) is 2. The number of allylic oxidation sites excluding steroid dienone is 4. The number of aryl methyl sites for hydroxylation is 1. The van der Waals surface area contributed by atoms with Gasteiger partial charge in [-0.05, 0) is 61.7 Å². The maximum absolute atomic E-state index is 3.99. The van der Waals surface area contributed by atoms with E-state index in [1.54, 1.807) is 5.57 Å². The van der Waals surface area contributed by atoms with Crippen LogP contribution in [-0.2, 0) is 6.42 Å². The summed E-state index contributed by atoms with van der Waals surface area (Å²) < 4.78 is 0. The Bertz CT molecular complexity index is 788. The van der Waals surface area contributed by atoms with Gasteiger partial charge in [0, 0.05) is 29.7 Å². The smallest absolute Gasteiger partial charge is 0.0336 e. The number of nitrogens with one attached hydrogen (secondary N) is 2. The molecule has 2 N–H and O–H groups in total. The van der Waals surface area contributed by atoms with Gasteiger partial charge in [0.15, 0.2) is 0 Å². The zero-order valence-electron chi connectivity index (χ0n) is 16.0. The molecule has 2 nitrogen and oxygen atoms in total. The summed E-state index contributed by atoms with van der Waals surface area (Å²) in [4.78, 5) is 0. The quantitative estimate of drug-likeness (QED) is 0.849. The summed E-state index contributed by atoms with van der Waals surface area (Å²) in [6.45, 7) is 5.90. The minimum Gasteiger partial charge on any atom is -0.385 e. The van der Waals surface area contributed by atoms with Gasteiger partial charge in [-0.15, -0.1) is 0 Å². The summed E-state index contributed by atoms with van der Waals surface area (Å²) in [5.74, 6) is 2.04. The molecule has 4 bridgehead atoms. The number of hydrogen-bond acceptors (Lipinski definition) is 2. The van der Waals surface area contributed by atoms with E-state index in [4.69, 9.17) is 0 Å². The molecule has 5 atom stereocenters.